The molecule has 0 rings (SSSR count). The van der Waals surface area contributed by atoms with Crippen LogP contribution in [0.2, 0.25) is 0 Å². The molecule has 0 radical (unpaired) electrons. The maximum Gasteiger partial charge on any atom is 0.219 e. The van der Waals surface area contributed by atoms with Crippen LogP contribution in [0.4, 0.5) is 0 Å². The lowest BCUT2D eigenvalue weighted by molar-refractivity contribution is -0.121. The molecule has 0 bridgehead atoms. The van der Waals surface area contributed by atoms with E-state index in [2.05, 4.69) is 26.1 Å². The van der Waals surface area contributed by atoms with Crippen LogP contribution in [-0.4, -0.2) is 18.3 Å². The molecular formula is C14H29N3O. The molecule has 0 saturated heterocycles. The molecule has 0 aromatic carbocycles. The third-order valence-electron chi connectivity index (χ3n) is 2.78. The Hall–Kier alpha value is -1.06. The number of hydrogen-bond donors (Lipinski definition) is 3. The second-order valence-corrected chi connectivity index (χ2v) is 6.10. The maximum atomic E-state index is 11.5. The van der Waals surface area contributed by atoms with Gasteiger partial charge in [0.05, 0.1) is 5.84 Å². The van der Waals surface area contributed by atoms with Crippen molar-refractivity contribution in [3.05, 3.63) is 0 Å². The van der Waals surface area contributed by atoms with Gasteiger partial charge in [-0.05, 0) is 24.7 Å². The van der Waals surface area contributed by atoms with Crippen LogP contribution in [0.3, 0.4) is 0 Å². The first-order valence-corrected chi connectivity index (χ1v) is 6.91. The fraction of sp³-hybridized carbons (Fsp3) is 0.857. The van der Waals surface area contributed by atoms with Crippen molar-refractivity contribution in [3.8, 4) is 0 Å². The second-order valence-electron chi connectivity index (χ2n) is 6.10. The third kappa shape index (κ3) is 13.0. The van der Waals surface area contributed by atoms with Gasteiger partial charge in [-0.25, -0.2) is 0 Å². The van der Waals surface area contributed by atoms with Crippen LogP contribution in [0.25, 0.3) is 0 Å². The van der Waals surface area contributed by atoms with Crippen molar-refractivity contribution in [2.24, 2.45) is 11.1 Å². The number of hydrogen-bond acceptors (Lipinski definition) is 2. The Labute approximate surface area is 111 Å². The predicted molar refractivity (Wildman–Crippen MR) is 76.7 cm³/mol. The lowest BCUT2D eigenvalue weighted by Gasteiger charge is -2.17. The van der Waals surface area contributed by atoms with E-state index in [4.69, 9.17) is 11.1 Å². The molecule has 0 unspecified atom stereocenters. The van der Waals surface area contributed by atoms with Crippen molar-refractivity contribution >= 4 is 11.7 Å². The molecule has 0 atom stereocenters. The normalized spacial score (nSPS) is 11.3. The first kappa shape index (κ1) is 16.9. The quantitative estimate of drug-likeness (QED) is 0.336. The summed E-state index contributed by atoms with van der Waals surface area (Å²) in [4.78, 5) is 11.5. The molecule has 0 aliphatic heterocycles. The van der Waals surface area contributed by atoms with Crippen LogP contribution in [0.5, 0.6) is 0 Å². The van der Waals surface area contributed by atoms with E-state index in [1.165, 1.54) is 12.8 Å². The number of nitrogens with one attached hydrogen (secondary N) is 2. The van der Waals surface area contributed by atoms with Gasteiger partial charge >= 0.3 is 0 Å². The van der Waals surface area contributed by atoms with Gasteiger partial charge in [0, 0.05) is 19.4 Å². The number of nitrogens with two attached hydrogens (primary N) is 1. The van der Waals surface area contributed by atoms with E-state index in [0.29, 0.717) is 24.8 Å². The summed E-state index contributed by atoms with van der Waals surface area (Å²) in [6.07, 6.45) is 6.43. The Kier molecular flexibility index (Phi) is 8.42. The minimum Gasteiger partial charge on any atom is -0.388 e. The number of amidine groups is 1. The first-order valence-electron chi connectivity index (χ1n) is 6.91. The highest BCUT2D eigenvalue weighted by Gasteiger charge is 2.09. The average Bonchev–Trinajstić information content (AvgIpc) is 2.22. The van der Waals surface area contributed by atoms with Crippen molar-refractivity contribution in [1.29, 1.82) is 5.41 Å². The van der Waals surface area contributed by atoms with E-state index in [-0.39, 0.29) is 11.7 Å². The highest BCUT2D eigenvalue weighted by atomic mass is 16.1. The Morgan fingerprint density at radius 3 is 2.33 bits per heavy atom. The van der Waals surface area contributed by atoms with E-state index in [1.807, 2.05) is 0 Å². The van der Waals surface area contributed by atoms with Gasteiger partial charge in [-0.15, -0.1) is 0 Å². The maximum absolute atomic E-state index is 11.5. The van der Waals surface area contributed by atoms with Crippen molar-refractivity contribution in [3.63, 3.8) is 0 Å². The summed E-state index contributed by atoms with van der Waals surface area (Å²) in [5.74, 6) is 0.306. The van der Waals surface area contributed by atoms with E-state index >= 15 is 0 Å². The van der Waals surface area contributed by atoms with Crippen molar-refractivity contribution in [1.82, 2.24) is 5.32 Å². The summed E-state index contributed by atoms with van der Waals surface area (Å²) in [6, 6.07) is 0. The molecule has 106 valence electrons. The third-order valence-corrected chi connectivity index (χ3v) is 2.78. The van der Waals surface area contributed by atoms with Gasteiger partial charge < -0.3 is 11.1 Å². The zero-order chi connectivity index (χ0) is 14.0. The highest BCUT2D eigenvalue weighted by molar-refractivity contribution is 5.77. The number of unbranched alkanes of at least 4 members (excludes halogenated alkanes) is 2. The van der Waals surface area contributed by atoms with Crippen molar-refractivity contribution in [2.45, 2.75) is 65.7 Å². The lowest BCUT2D eigenvalue weighted by atomic mass is 9.89. The standard InChI is InChI=1S/C14H29N3O/c1-14(2,3)10-6-4-5-9-13(18)17-11-7-8-12(15)16/h4-11H2,1-3H3,(H3,15,16)(H,17,18). The molecule has 0 aromatic rings. The summed E-state index contributed by atoms with van der Waals surface area (Å²) in [7, 11) is 0. The van der Waals surface area contributed by atoms with Gasteiger partial charge in [0.15, 0.2) is 0 Å². The van der Waals surface area contributed by atoms with Gasteiger partial charge in [0.2, 0.25) is 5.91 Å². The molecular weight excluding hydrogens is 226 g/mol. The zero-order valence-corrected chi connectivity index (χ0v) is 12.1. The van der Waals surface area contributed by atoms with Crippen molar-refractivity contribution < 1.29 is 4.79 Å². The highest BCUT2D eigenvalue weighted by Crippen LogP contribution is 2.22. The minimum absolute atomic E-state index is 0.120. The molecule has 4 nitrogen and oxygen atoms in total. The molecule has 0 heterocycles. The SMILES string of the molecule is CC(C)(C)CCCCCC(=O)NCCCC(=N)N. The Morgan fingerprint density at radius 1 is 1.11 bits per heavy atom. The Balaban J connectivity index is 3.35. The topological polar surface area (TPSA) is 79.0 Å². The minimum atomic E-state index is 0.120. The number of rotatable bonds is 9. The van der Waals surface area contributed by atoms with Crippen LogP contribution < -0.4 is 11.1 Å². The van der Waals surface area contributed by atoms with Crippen LogP contribution >= 0.6 is 0 Å². The summed E-state index contributed by atoms with van der Waals surface area (Å²) in [5, 5.41) is 9.91. The first-order chi connectivity index (χ1) is 8.31. The molecule has 0 aliphatic rings. The van der Waals surface area contributed by atoms with E-state index in [1.54, 1.807) is 0 Å². The fourth-order valence-electron chi connectivity index (χ4n) is 1.71. The summed E-state index contributed by atoms with van der Waals surface area (Å²) in [5.41, 5.74) is 5.63. The largest absolute Gasteiger partial charge is 0.388 e. The van der Waals surface area contributed by atoms with Crippen LogP contribution in [0, 0.1) is 10.8 Å². The van der Waals surface area contributed by atoms with Gasteiger partial charge in [-0.1, -0.05) is 33.6 Å². The van der Waals surface area contributed by atoms with Gasteiger partial charge in [-0.2, -0.15) is 0 Å². The molecule has 0 saturated carbocycles. The molecule has 4 heteroatoms. The van der Waals surface area contributed by atoms with Crippen LogP contribution in [-0.2, 0) is 4.79 Å². The summed E-state index contributed by atoms with van der Waals surface area (Å²) >= 11 is 0. The van der Waals surface area contributed by atoms with Gasteiger partial charge in [0.1, 0.15) is 0 Å². The molecule has 0 spiro atoms. The molecule has 0 aromatic heterocycles. The fourth-order valence-corrected chi connectivity index (χ4v) is 1.71. The molecule has 0 aliphatic carbocycles. The lowest BCUT2D eigenvalue weighted by Crippen LogP contribution is -2.25. The van der Waals surface area contributed by atoms with E-state index in [9.17, 15) is 4.79 Å². The van der Waals surface area contributed by atoms with Crippen LogP contribution in [0.15, 0.2) is 0 Å². The smallest absolute Gasteiger partial charge is 0.219 e. The molecule has 18 heavy (non-hydrogen) atoms. The zero-order valence-electron chi connectivity index (χ0n) is 12.1. The van der Waals surface area contributed by atoms with Gasteiger partial charge in [0.25, 0.3) is 0 Å². The molecule has 4 N–H and O–H groups in total. The summed E-state index contributed by atoms with van der Waals surface area (Å²) in [6.45, 7) is 7.36. The molecule has 0 fully saturated rings. The van der Waals surface area contributed by atoms with E-state index < -0.39 is 0 Å². The Bertz CT molecular complexity index is 256. The number of amides is 1. The van der Waals surface area contributed by atoms with E-state index in [0.717, 1.165) is 19.3 Å². The summed E-state index contributed by atoms with van der Waals surface area (Å²) < 4.78 is 0. The van der Waals surface area contributed by atoms with Gasteiger partial charge in [-0.3, -0.25) is 10.2 Å². The van der Waals surface area contributed by atoms with Crippen molar-refractivity contribution in [2.75, 3.05) is 6.54 Å². The predicted octanol–water partition coefficient (Wildman–Crippen LogP) is 2.82. The molecule has 1 amide bonds. The second kappa shape index (κ2) is 8.95. The number of carbonyl (C=O) groups is 1. The average molecular weight is 255 g/mol. The van der Waals surface area contributed by atoms with Crippen LogP contribution in [0.1, 0.15) is 65.7 Å². The monoisotopic (exact) mass is 255 g/mol. The number of carbonyl (C=O) groups excluding carboxylic acids is 1. The Morgan fingerprint density at radius 2 is 1.78 bits per heavy atom.